The molecule has 0 bridgehead atoms. The molecule has 3 aromatic carbocycles. The van der Waals surface area contributed by atoms with Gasteiger partial charge in [0.25, 0.3) is 5.91 Å². The van der Waals surface area contributed by atoms with Gasteiger partial charge in [-0.1, -0.05) is 53.8 Å². The molecule has 176 valence electrons. The van der Waals surface area contributed by atoms with Crippen molar-refractivity contribution in [3.05, 3.63) is 78.4 Å². The zero-order valence-corrected chi connectivity index (χ0v) is 21.2. The monoisotopic (exact) mass is 493 g/mol. The lowest BCUT2D eigenvalue weighted by atomic mass is 10.0. The first kappa shape index (κ1) is 24.1. The molecule has 1 N–H and O–H groups in total. The maximum Gasteiger partial charge on any atom is 0.257 e. The predicted octanol–water partition coefficient (Wildman–Crippen LogP) is 6.02. The Hall–Kier alpha value is -3.07. The lowest BCUT2D eigenvalue weighted by molar-refractivity contribution is 0.102. The highest BCUT2D eigenvalue weighted by atomic mass is 32.2. The molecule has 4 rings (SSSR count). The molecule has 0 aliphatic rings. The van der Waals surface area contributed by atoms with Crippen LogP contribution in [0.5, 0.6) is 0 Å². The minimum absolute atomic E-state index is 0.162. The van der Waals surface area contributed by atoms with E-state index in [-0.39, 0.29) is 22.9 Å². The number of thiazole rings is 1. The van der Waals surface area contributed by atoms with Crippen LogP contribution in [-0.2, 0) is 10.0 Å². The second kappa shape index (κ2) is 9.66. The lowest BCUT2D eigenvalue weighted by Gasteiger charge is -2.29. The Morgan fingerprint density at radius 2 is 1.50 bits per heavy atom. The Morgan fingerprint density at radius 3 is 2.12 bits per heavy atom. The fourth-order valence-electron chi connectivity index (χ4n) is 4.01. The molecule has 0 spiro atoms. The van der Waals surface area contributed by atoms with Crippen molar-refractivity contribution in [2.45, 2.75) is 44.7 Å². The van der Waals surface area contributed by atoms with Crippen LogP contribution in [0, 0.1) is 0 Å². The van der Waals surface area contributed by atoms with Crippen molar-refractivity contribution in [3.63, 3.8) is 0 Å². The summed E-state index contributed by atoms with van der Waals surface area (Å²) in [6.07, 6.45) is 0. The van der Waals surface area contributed by atoms with Crippen molar-refractivity contribution in [3.8, 4) is 11.1 Å². The van der Waals surface area contributed by atoms with Gasteiger partial charge in [0, 0.05) is 17.6 Å². The van der Waals surface area contributed by atoms with Crippen LogP contribution in [0.4, 0.5) is 5.13 Å². The lowest BCUT2D eigenvalue weighted by Crippen LogP contribution is -2.41. The molecule has 0 aliphatic heterocycles. The van der Waals surface area contributed by atoms with Crippen LogP contribution < -0.4 is 5.32 Å². The first-order chi connectivity index (χ1) is 16.2. The van der Waals surface area contributed by atoms with E-state index in [9.17, 15) is 13.2 Å². The van der Waals surface area contributed by atoms with Gasteiger partial charge in [-0.05, 0) is 69.2 Å². The molecule has 0 saturated carbocycles. The van der Waals surface area contributed by atoms with E-state index >= 15 is 0 Å². The molecule has 6 nitrogen and oxygen atoms in total. The summed E-state index contributed by atoms with van der Waals surface area (Å²) in [5, 5.41) is 3.26. The molecule has 0 fully saturated rings. The summed E-state index contributed by atoms with van der Waals surface area (Å²) in [6, 6.07) is 21.9. The van der Waals surface area contributed by atoms with Crippen LogP contribution in [0.2, 0.25) is 0 Å². The number of fused-ring (bicyclic) bond motifs is 1. The van der Waals surface area contributed by atoms with Crippen LogP contribution >= 0.6 is 11.3 Å². The predicted molar refractivity (Wildman–Crippen MR) is 139 cm³/mol. The average molecular weight is 494 g/mol. The second-order valence-electron chi connectivity index (χ2n) is 8.57. The van der Waals surface area contributed by atoms with Crippen molar-refractivity contribution in [2.75, 3.05) is 5.32 Å². The van der Waals surface area contributed by atoms with Crippen LogP contribution in [0.3, 0.4) is 0 Å². The Labute approximate surface area is 204 Å². The summed E-state index contributed by atoms with van der Waals surface area (Å²) in [5.74, 6) is -0.266. The van der Waals surface area contributed by atoms with Gasteiger partial charge < -0.3 is 0 Å². The molecule has 0 atom stereocenters. The van der Waals surface area contributed by atoms with Crippen molar-refractivity contribution < 1.29 is 13.2 Å². The normalized spacial score (nSPS) is 12.1. The van der Waals surface area contributed by atoms with Gasteiger partial charge in [0.05, 0.1) is 15.1 Å². The molecular weight excluding hydrogens is 466 g/mol. The zero-order valence-electron chi connectivity index (χ0n) is 19.5. The molecule has 8 heteroatoms. The number of sulfonamides is 1. The number of nitrogens with one attached hydrogen (secondary N) is 1. The van der Waals surface area contributed by atoms with Gasteiger partial charge in [-0.2, -0.15) is 4.31 Å². The molecule has 1 aromatic heterocycles. The van der Waals surface area contributed by atoms with E-state index in [0.717, 1.165) is 11.1 Å². The van der Waals surface area contributed by atoms with Gasteiger partial charge in [0.15, 0.2) is 5.13 Å². The third kappa shape index (κ3) is 4.89. The quantitative estimate of drug-likeness (QED) is 0.341. The van der Waals surface area contributed by atoms with E-state index in [0.29, 0.717) is 20.9 Å². The number of rotatable bonds is 7. The third-order valence-electron chi connectivity index (χ3n) is 5.43. The molecule has 0 radical (unpaired) electrons. The number of hydrogen-bond donors (Lipinski definition) is 1. The number of hydrogen-bond acceptors (Lipinski definition) is 5. The number of carbonyl (C=O) groups excluding carboxylic acids is 1. The number of amides is 1. The minimum Gasteiger partial charge on any atom is -0.298 e. The molecule has 0 aliphatic carbocycles. The summed E-state index contributed by atoms with van der Waals surface area (Å²) in [5.41, 5.74) is 3.27. The number of anilines is 1. The van der Waals surface area contributed by atoms with E-state index in [1.54, 1.807) is 30.3 Å². The summed E-state index contributed by atoms with van der Waals surface area (Å²) in [4.78, 5) is 17.4. The van der Waals surface area contributed by atoms with Crippen molar-refractivity contribution in [1.82, 2.24) is 9.29 Å². The summed E-state index contributed by atoms with van der Waals surface area (Å²) < 4.78 is 28.6. The SMILES string of the molecule is CC(C)N(C(C)C)S(=O)(=O)c1ccc2nc(NC(=O)c3ccc(-c4ccccc4)cc3)sc2c1. The average Bonchev–Trinajstić information content (AvgIpc) is 3.20. The van der Waals surface area contributed by atoms with Crippen molar-refractivity contribution in [1.29, 1.82) is 0 Å². The van der Waals surface area contributed by atoms with Gasteiger partial charge >= 0.3 is 0 Å². The van der Waals surface area contributed by atoms with Crippen LogP contribution in [0.15, 0.2) is 77.7 Å². The van der Waals surface area contributed by atoms with E-state index < -0.39 is 10.0 Å². The highest BCUT2D eigenvalue weighted by molar-refractivity contribution is 7.89. The minimum atomic E-state index is -3.65. The molecule has 1 amide bonds. The summed E-state index contributed by atoms with van der Waals surface area (Å²) >= 11 is 1.25. The van der Waals surface area contributed by atoms with E-state index in [1.165, 1.54) is 15.6 Å². The highest BCUT2D eigenvalue weighted by Gasteiger charge is 2.29. The van der Waals surface area contributed by atoms with Gasteiger partial charge in [-0.3, -0.25) is 10.1 Å². The molecule has 0 saturated heterocycles. The van der Waals surface area contributed by atoms with Gasteiger partial charge in [0.2, 0.25) is 10.0 Å². The first-order valence-electron chi connectivity index (χ1n) is 11.1. The van der Waals surface area contributed by atoms with Crippen molar-refractivity contribution >= 4 is 42.6 Å². The number of carbonyl (C=O) groups is 1. The third-order valence-corrected chi connectivity index (χ3v) is 8.61. The summed E-state index contributed by atoms with van der Waals surface area (Å²) in [6.45, 7) is 7.46. The topological polar surface area (TPSA) is 79.4 Å². The maximum atomic E-state index is 13.2. The van der Waals surface area contributed by atoms with Gasteiger partial charge in [0.1, 0.15) is 0 Å². The number of aromatic nitrogens is 1. The Morgan fingerprint density at radius 1 is 0.882 bits per heavy atom. The van der Waals surface area contributed by atoms with Crippen LogP contribution in [0.1, 0.15) is 38.1 Å². The van der Waals surface area contributed by atoms with Gasteiger partial charge in [-0.15, -0.1) is 0 Å². The molecular formula is C26H27N3O3S2. The molecule has 4 aromatic rings. The number of benzene rings is 3. The van der Waals surface area contributed by atoms with E-state index in [1.807, 2.05) is 70.2 Å². The van der Waals surface area contributed by atoms with Crippen LogP contribution in [0.25, 0.3) is 21.3 Å². The first-order valence-corrected chi connectivity index (χ1v) is 13.3. The fourth-order valence-corrected chi connectivity index (χ4v) is 6.84. The fraction of sp³-hybridized carbons (Fsp3) is 0.231. The Balaban J connectivity index is 1.55. The zero-order chi connectivity index (χ0) is 24.5. The summed E-state index contributed by atoms with van der Waals surface area (Å²) in [7, 11) is -3.65. The standard InChI is InChI=1S/C26H27N3O3S2/c1-17(2)29(18(3)4)34(31,32)22-14-15-23-24(16-22)33-26(27-23)28-25(30)21-12-10-20(11-13-21)19-8-6-5-7-9-19/h5-18H,1-4H3,(H,27,28,30). The van der Waals surface area contributed by atoms with Gasteiger partial charge in [-0.25, -0.2) is 13.4 Å². The molecule has 1 heterocycles. The Bertz CT molecular complexity index is 1400. The maximum absolute atomic E-state index is 13.2. The number of nitrogens with zero attached hydrogens (tertiary/aromatic N) is 2. The smallest absolute Gasteiger partial charge is 0.257 e. The molecule has 34 heavy (non-hydrogen) atoms. The van der Waals surface area contributed by atoms with E-state index in [2.05, 4.69) is 10.3 Å². The van der Waals surface area contributed by atoms with Crippen LogP contribution in [-0.4, -0.2) is 35.7 Å². The van der Waals surface area contributed by atoms with E-state index in [4.69, 9.17) is 0 Å². The largest absolute Gasteiger partial charge is 0.298 e. The highest BCUT2D eigenvalue weighted by Crippen LogP contribution is 2.30. The van der Waals surface area contributed by atoms with Crippen molar-refractivity contribution in [2.24, 2.45) is 0 Å². The Kier molecular flexibility index (Phi) is 6.84. The molecule has 0 unspecified atom stereocenters. The second-order valence-corrected chi connectivity index (χ2v) is 11.4.